The van der Waals surface area contributed by atoms with Gasteiger partial charge in [-0.2, -0.15) is 13.2 Å². The highest BCUT2D eigenvalue weighted by Gasteiger charge is 2.61. The Morgan fingerprint density at radius 1 is 1.00 bits per heavy atom. The van der Waals surface area contributed by atoms with Gasteiger partial charge in [0.25, 0.3) is 5.91 Å². The Hall–Kier alpha value is -1.93. The standard InChI is InChI=1S/C32H43F3N2O3/c1-29-12-13-31(40,19-23(29)6-7-24-25-8-9-27(38)30(25,2)11-10-26(24)29)20-36-14-16-37(17-15-36)28(39)21-4-3-5-22(18-21)32(33,34)35/h3-5,18,23-26,40H,6-17,19-20H2,1-2H3/t23-,24-,25-,26-,29-,30-,31+/m0/s1. The zero-order valence-corrected chi connectivity index (χ0v) is 23.8. The molecule has 1 aliphatic heterocycles. The molecule has 1 saturated heterocycles. The van der Waals surface area contributed by atoms with Gasteiger partial charge in [0.1, 0.15) is 5.78 Å². The number of halogens is 3. The van der Waals surface area contributed by atoms with E-state index in [2.05, 4.69) is 18.7 Å². The van der Waals surface area contributed by atoms with E-state index in [1.165, 1.54) is 18.6 Å². The van der Waals surface area contributed by atoms with Gasteiger partial charge >= 0.3 is 6.18 Å². The maximum atomic E-state index is 13.1. The van der Waals surface area contributed by atoms with Crippen LogP contribution in [0.1, 0.15) is 87.6 Å². The van der Waals surface area contributed by atoms with E-state index in [0.717, 1.165) is 63.5 Å². The first-order chi connectivity index (χ1) is 18.8. The zero-order valence-electron chi connectivity index (χ0n) is 23.8. The molecule has 1 amide bonds. The second kappa shape index (κ2) is 9.82. The molecule has 8 heteroatoms. The summed E-state index contributed by atoms with van der Waals surface area (Å²) < 4.78 is 39.3. The van der Waals surface area contributed by atoms with Gasteiger partial charge in [0.2, 0.25) is 0 Å². The van der Waals surface area contributed by atoms with E-state index in [1.54, 1.807) is 4.90 Å². The zero-order chi connectivity index (χ0) is 28.5. The summed E-state index contributed by atoms with van der Waals surface area (Å²) in [6, 6.07) is 4.64. The molecule has 40 heavy (non-hydrogen) atoms. The summed E-state index contributed by atoms with van der Waals surface area (Å²) in [7, 11) is 0. The maximum Gasteiger partial charge on any atom is 0.416 e. The lowest BCUT2D eigenvalue weighted by Gasteiger charge is -2.61. The second-order valence-corrected chi connectivity index (χ2v) is 14.2. The topological polar surface area (TPSA) is 60.9 Å². The summed E-state index contributed by atoms with van der Waals surface area (Å²) in [6.07, 6.45) is 4.37. The number of alkyl halides is 3. The summed E-state index contributed by atoms with van der Waals surface area (Å²) in [4.78, 5) is 29.5. The number of ketones is 1. The number of rotatable bonds is 3. The van der Waals surface area contributed by atoms with Crippen LogP contribution < -0.4 is 0 Å². The van der Waals surface area contributed by atoms with Crippen LogP contribution in [-0.2, 0) is 11.0 Å². The normalized spacial score (nSPS) is 40.4. The van der Waals surface area contributed by atoms with Crippen LogP contribution in [0.5, 0.6) is 0 Å². The molecular formula is C32H43F3N2O3. The monoisotopic (exact) mass is 560 g/mol. The molecule has 220 valence electrons. The molecule has 0 bridgehead atoms. The van der Waals surface area contributed by atoms with Crippen LogP contribution >= 0.6 is 0 Å². The summed E-state index contributed by atoms with van der Waals surface area (Å²) in [5, 5.41) is 11.8. The van der Waals surface area contributed by atoms with Crippen molar-refractivity contribution in [2.24, 2.45) is 34.5 Å². The minimum absolute atomic E-state index is 0.0640. The predicted octanol–water partition coefficient (Wildman–Crippen LogP) is 5.81. The highest BCUT2D eigenvalue weighted by atomic mass is 19.4. The van der Waals surface area contributed by atoms with E-state index < -0.39 is 17.3 Å². The summed E-state index contributed by atoms with van der Waals surface area (Å²) in [5.74, 6) is 2.41. The Labute approximate surface area is 235 Å². The smallest absolute Gasteiger partial charge is 0.389 e. The van der Waals surface area contributed by atoms with Crippen molar-refractivity contribution in [3.8, 4) is 0 Å². The number of hydrogen-bond acceptors (Lipinski definition) is 4. The maximum absolute atomic E-state index is 13.1. The lowest BCUT2D eigenvalue weighted by molar-refractivity contribution is -0.157. The van der Waals surface area contributed by atoms with Gasteiger partial charge in [0.15, 0.2) is 0 Å². The van der Waals surface area contributed by atoms with Gasteiger partial charge in [-0.1, -0.05) is 19.9 Å². The van der Waals surface area contributed by atoms with E-state index >= 15 is 0 Å². The number of β-amino-alcohol motifs (C(OH)–C–C–N with tert-alkyl or cyclic N) is 1. The van der Waals surface area contributed by atoms with Crippen molar-refractivity contribution in [2.75, 3.05) is 32.7 Å². The first-order valence-electron chi connectivity index (χ1n) is 15.3. The van der Waals surface area contributed by atoms with E-state index in [1.807, 2.05) is 0 Å². The van der Waals surface area contributed by atoms with Crippen molar-refractivity contribution in [3.63, 3.8) is 0 Å². The summed E-state index contributed by atoms with van der Waals surface area (Å²) in [5.41, 5.74) is -1.38. The number of aliphatic hydroxyl groups is 1. The fourth-order valence-electron chi connectivity index (χ4n) is 9.77. The Morgan fingerprint density at radius 3 is 2.48 bits per heavy atom. The predicted molar refractivity (Wildman–Crippen MR) is 145 cm³/mol. The van der Waals surface area contributed by atoms with Crippen LogP contribution in [0, 0.1) is 34.5 Å². The SMILES string of the molecule is C[C@]12CC[C@](O)(CN3CCN(C(=O)c4cccc(C(F)(F)F)c4)CC3)C[C@@H]1CC[C@@H]1[C@@H]2CC[C@]2(C)C(=O)CC[C@@H]12. The van der Waals surface area contributed by atoms with Crippen LogP contribution in [0.3, 0.4) is 0 Å². The second-order valence-electron chi connectivity index (χ2n) is 14.2. The summed E-state index contributed by atoms with van der Waals surface area (Å²) in [6.45, 7) is 7.36. The quantitative estimate of drug-likeness (QED) is 0.507. The number of carbonyl (C=O) groups is 2. The minimum Gasteiger partial charge on any atom is -0.389 e. The Balaban J connectivity index is 1.06. The van der Waals surface area contributed by atoms with Crippen LogP contribution in [0.2, 0.25) is 0 Å². The number of nitrogens with zero attached hydrogens (tertiary/aromatic N) is 2. The molecule has 5 aliphatic rings. The third kappa shape index (κ3) is 4.71. The van der Waals surface area contributed by atoms with E-state index in [4.69, 9.17) is 0 Å². The third-order valence-corrected chi connectivity index (χ3v) is 12.1. The van der Waals surface area contributed by atoms with Crippen LogP contribution in [0.15, 0.2) is 24.3 Å². The molecular weight excluding hydrogens is 517 g/mol. The van der Waals surface area contributed by atoms with Crippen molar-refractivity contribution in [2.45, 2.75) is 83.4 Å². The first kappa shape index (κ1) is 28.2. The fraction of sp³-hybridized carbons (Fsp3) is 0.750. The molecule has 1 aromatic carbocycles. The number of Topliss-reactive ketones (excluding diaryl/α,β-unsaturated/α-hetero) is 1. The van der Waals surface area contributed by atoms with Crippen LogP contribution in [-0.4, -0.2) is 64.9 Å². The van der Waals surface area contributed by atoms with Crippen molar-refractivity contribution < 1.29 is 27.9 Å². The number of benzene rings is 1. The minimum atomic E-state index is -4.48. The number of carbonyl (C=O) groups excluding carboxylic acids is 2. The van der Waals surface area contributed by atoms with Gasteiger partial charge in [-0.25, -0.2) is 0 Å². The molecule has 0 aromatic heterocycles. The molecule has 7 atom stereocenters. The van der Waals surface area contributed by atoms with Crippen molar-refractivity contribution in [1.29, 1.82) is 0 Å². The van der Waals surface area contributed by atoms with E-state index in [-0.39, 0.29) is 22.3 Å². The molecule has 1 N–H and O–H groups in total. The third-order valence-electron chi connectivity index (χ3n) is 12.1. The number of fused-ring (bicyclic) bond motifs is 5. The highest BCUT2D eigenvalue weighted by Crippen LogP contribution is 2.66. The Bertz CT molecular complexity index is 1160. The molecule has 5 nitrogen and oxygen atoms in total. The van der Waals surface area contributed by atoms with Gasteiger partial charge in [0.05, 0.1) is 11.2 Å². The van der Waals surface area contributed by atoms with Crippen molar-refractivity contribution in [3.05, 3.63) is 35.4 Å². The van der Waals surface area contributed by atoms with Gasteiger partial charge in [0, 0.05) is 50.1 Å². The fourth-order valence-corrected chi connectivity index (χ4v) is 9.77. The molecule has 0 radical (unpaired) electrons. The van der Waals surface area contributed by atoms with E-state index in [0.29, 0.717) is 62.2 Å². The Morgan fingerprint density at radius 2 is 1.75 bits per heavy atom. The molecule has 0 unspecified atom stereocenters. The summed E-state index contributed by atoms with van der Waals surface area (Å²) >= 11 is 0. The van der Waals surface area contributed by atoms with Crippen LogP contribution in [0.25, 0.3) is 0 Å². The van der Waals surface area contributed by atoms with Gasteiger partial charge in [-0.3, -0.25) is 14.5 Å². The molecule has 0 spiro atoms. The molecule has 1 heterocycles. The van der Waals surface area contributed by atoms with E-state index in [9.17, 15) is 27.9 Å². The molecule has 1 aromatic rings. The van der Waals surface area contributed by atoms with Gasteiger partial charge in [-0.05, 0) is 98.7 Å². The van der Waals surface area contributed by atoms with Gasteiger partial charge < -0.3 is 10.0 Å². The Kier molecular flexibility index (Phi) is 6.93. The molecule has 5 fully saturated rings. The number of amides is 1. The van der Waals surface area contributed by atoms with Crippen LogP contribution in [0.4, 0.5) is 13.2 Å². The molecule has 4 aliphatic carbocycles. The van der Waals surface area contributed by atoms with Gasteiger partial charge in [-0.15, -0.1) is 0 Å². The molecule has 6 rings (SSSR count). The lowest BCUT2D eigenvalue weighted by atomic mass is 9.44. The van der Waals surface area contributed by atoms with Crippen molar-refractivity contribution in [1.82, 2.24) is 9.80 Å². The average Bonchev–Trinajstić information content (AvgIpc) is 3.23. The number of hydrogen-bond donors (Lipinski definition) is 1. The highest BCUT2D eigenvalue weighted by molar-refractivity contribution is 5.94. The molecule has 4 saturated carbocycles. The lowest BCUT2D eigenvalue weighted by Crippen LogP contribution is -2.59. The number of piperazine rings is 1. The largest absolute Gasteiger partial charge is 0.416 e. The first-order valence-corrected chi connectivity index (χ1v) is 15.3. The average molecular weight is 561 g/mol. The van der Waals surface area contributed by atoms with Crippen molar-refractivity contribution >= 4 is 11.7 Å².